The molecule has 0 aliphatic carbocycles. The van der Waals surface area contributed by atoms with Crippen LogP contribution in [0.2, 0.25) is 0 Å². The van der Waals surface area contributed by atoms with Gasteiger partial charge in [0.2, 0.25) is 5.91 Å². The zero-order valence-corrected chi connectivity index (χ0v) is 12.9. The quantitative estimate of drug-likeness (QED) is 0.843. The highest BCUT2D eigenvalue weighted by atomic mass is 79.9. The van der Waals surface area contributed by atoms with Crippen LogP contribution in [-0.4, -0.2) is 22.9 Å². The van der Waals surface area contributed by atoms with Gasteiger partial charge >= 0.3 is 0 Å². The number of nitrogens with zero attached hydrogens (tertiary/aromatic N) is 3. The Morgan fingerprint density at radius 2 is 2.20 bits per heavy atom. The van der Waals surface area contributed by atoms with Crippen molar-refractivity contribution >= 4 is 27.7 Å². The van der Waals surface area contributed by atoms with Crippen LogP contribution in [0.3, 0.4) is 0 Å². The predicted octanol–water partition coefficient (Wildman–Crippen LogP) is 3.22. The maximum absolute atomic E-state index is 12.1. The van der Waals surface area contributed by atoms with Crippen LogP contribution in [-0.2, 0) is 11.2 Å². The van der Waals surface area contributed by atoms with Gasteiger partial charge in [0, 0.05) is 36.5 Å². The first-order valence-electron chi connectivity index (χ1n) is 6.44. The fourth-order valence-electron chi connectivity index (χ4n) is 1.86. The lowest BCUT2D eigenvalue weighted by Gasteiger charge is -2.16. The molecule has 2 aromatic rings. The summed E-state index contributed by atoms with van der Waals surface area (Å²) in [4.78, 5) is 21.9. The van der Waals surface area contributed by atoms with E-state index in [0.717, 1.165) is 22.9 Å². The van der Waals surface area contributed by atoms with Gasteiger partial charge in [0.25, 0.3) is 0 Å². The summed E-state index contributed by atoms with van der Waals surface area (Å²) in [6, 6.07) is 7.61. The Bertz CT molecular complexity index is 574. The van der Waals surface area contributed by atoms with Crippen LogP contribution in [0.5, 0.6) is 0 Å². The lowest BCUT2D eigenvalue weighted by molar-refractivity contribution is -0.118. The fraction of sp³-hybridized carbons (Fsp3) is 0.267. The van der Waals surface area contributed by atoms with Crippen LogP contribution in [0.15, 0.2) is 47.3 Å². The summed E-state index contributed by atoms with van der Waals surface area (Å²) in [5, 5.41) is 0. The second kappa shape index (κ2) is 7.14. The molecule has 0 saturated carbocycles. The van der Waals surface area contributed by atoms with Crippen molar-refractivity contribution in [2.45, 2.75) is 19.3 Å². The maximum atomic E-state index is 12.1. The topological polar surface area (TPSA) is 46.1 Å². The van der Waals surface area contributed by atoms with E-state index < -0.39 is 0 Å². The number of rotatable bonds is 5. The van der Waals surface area contributed by atoms with E-state index in [-0.39, 0.29) is 5.91 Å². The van der Waals surface area contributed by atoms with Crippen molar-refractivity contribution in [1.29, 1.82) is 0 Å². The summed E-state index contributed by atoms with van der Waals surface area (Å²) in [5.41, 5.74) is 1.16. The zero-order chi connectivity index (χ0) is 14.4. The fourth-order valence-corrected chi connectivity index (χ4v) is 2.19. The summed E-state index contributed by atoms with van der Waals surface area (Å²) in [5.74, 6) is 0.727. The van der Waals surface area contributed by atoms with E-state index in [1.54, 1.807) is 24.3 Å². The van der Waals surface area contributed by atoms with Crippen molar-refractivity contribution < 1.29 is 4.79 Å². The lowest BCUT2D eigenvalue weighted by atomic mass is 10.1. The minimum atomic E-state index is 0.0690. The molecule has 0 N–H and O–H groups in total. The van der Waals surface area contributed by atoms with E-state index >= 15 is 0 Å². The van der Waals surface area contributed by atoms with E-state index in [0.29, 0.717) is 12.2 Å². The maximum Gasteiger partial charge on any atom is 0.227 e. The first kappa shape index (κ1) is 14.7. The molecule has 4 nitrogen and oxygen atoms in total. The number of anilines is 1. The van der Waals surface area contributed by atoms with Gasteiger partial charge in [-0.05, 0) is 36.6 Å². The Hall–Kier alpha value is -1.75. The average molecular weight is 334 g/mol. The first-order chi connectivity index (χ1) is 9.66. The Morgan fingerprint density at radius 1 is 1.35 bits per heavy atom. The van der Waals surface area contributed by atoms with Gasteiger partial charge in [-0.1, -0.05) is 22.0 Å². The summed E-state index contributed by atoms with van der Waals surface area (Å²) in [6.07, 6.45) is 7.44. The number of amides is 1. The minimum Gasteiger partial charge on any atom is -0.300 e. The van der Waals surface area contributed by atoms with Gasteiger partial charge in [0.15, 0.2) is 0 Å². The van der Waals surface area contributed by atoms with Gasteiger partial charge < -0.3 is 0 Å². The number of carbonyl (C=O) groups is 1. The Kier molecular flexibility index (Phi) is 5.24. The molecule has 2 heterocycles. The molecule has 0 saturated heterocycles. The molecule has 104 valence electrons. The van der Waals surface area contributed by atoms with Crippen LogP contribution in [0.25, 0.3) is 0 Å². The minimum absolute atomic E-state index is 0.0690. The smallest absolute Gasteiger partial charge is 0.227 e. The third kappa shape index (κ3) is 4.13. The molecular weight excluding hydrogens is 318 g/mol. The van der Waals surface area contributed by atoms with Gasteiger partial charge in [-0.3, -0.25) is 14.7 Å². The number of aryl methyl sites for hydroxylation is 1. The molecule has 0 radical (unpaired) electrons. The number of hydrogen-bond donors (Lipinski definition) is 0. The molecule has 0 bridgehead atoms. The molecule has 1 amide bonds. The van der Waals surface area contributed by atoms with Gasteiger partial charge in [-0.25, -0.2) is 4.98 Å². The number of carbonyl (C=O) groups excluding carboxylic acids is 1. The van der Waals surface area contributed by atoms with Gasteiger partial charge in [0.05, 0.1) is 0 Å². The van der Waals surface area contributed by atoms with E-state index in [4.69, 9.17) is 0 Å². The molecular formula is C15H16BrN3O. The number of aromatic nitrogens is 2. The van der Waals surface area contributed by atoms with Gasteiger partial charge in [-0.2, -0.15) is 0 Å². The van der Waals surface area contributed by atoms with Crippen LogP contribution in [0.4, 0.5) is 5.82 Å². The van der Waals surface area contributed by atoms with E-state index in [1.165, 1.54) is 0 Å². The third-order valence-electron chi connectivity index (χ3n) is 3.00. The molecule has 0 aliphatic heterocycles. The summed E-state index contributed by atoms with van der Waals surface area (Å²) in [7, 11) is 1.75. The van der Waals surface area contributed by atoms with Gasteiger partial charge in [-0.15, -0.1) is 0 Å². The molecule has 0 aromatic carbocycles. The molecule has 0 aliphatic rings. The van der Waals surface area contributed by atoms with Crippen LogP contribution in [0.1, 0.15) is 18.4 Å². The molecule has 0 unspecified atom stereocenters. The summed E-state index contributed by atoms with van der Waals surface area (Å²) in [6.45, 7) is 0. The SMILES string of the molecule is CN(C(=O)CCCc1cccnc1)c1cc(Br)ccn1. The van der Waals surface area contributed by atoms with Crippen molar-refractivity contribution in [2.75, 3.05) is 11.9 Å². The highest BCUT2D eigenvalue weighted by Gasteiger charge is 2.11. The first-order valence-corrected chi connectivity index (χ1v) is 7.23. The molecule has 20 heavy (non-hydrogen) atoms. The van der Waals surface area contributed by atoms with E-state index in [9.17, 15) is 4.79 Å². The van der Waals surface area contributed by atoms with Crippen LogP contribution >= 0.6 is 15.9 Å². The Morgan fingerprint density at radius 3 is 2.90 bits per heavy atom. The number of hydrogen-bond acceptors (Lipinski definition) is 3. The van der Waals surface area contributed by atoms with Crippen molar-refractivity contribution in [3.8, 4) is 0 Å². The second-order valence-electron chi connectivity index (χ2n) is 4.50. The second-order valence-corrected chi connectivity index (χ2v) is 5.42. The zero-order valence-electron chi connectivity index (χ0n) is 11.3. The van der Waals surface area contributed by atoms with Crippen molar-refractivity contribution in [2.24, 2.45) is 0 Å². The summed E-state index contributed by atoms with van der Waals surface area (Å²) < 4.78 is 0.914. The molecule has 5 heteroatoms. The van der Waals surface area contributed by atoms with Crippen molar-refractivity contribution in [3.05, 3.63) is 52.9 Å². The molecule has 0 spiro atoms. The Balaban J connectivity index is 1.85. The highest BCUT2D eigenvalue weighted by molar-refractivity contribution is 9.10. The van der Waals surface area contributed by atoms with Crippen LogP contribution in [0, 0.1) is 0 Å². The van der Waals surface area contributed by atoms with Crippen LogP contribution < -0.4 is 4.90 Å². The number of halogens is 1. The number of pyridine rings is 2. The summed E-state index contributed by atoms with van der Waals surface area (Å²) >= 11 is 3.38. The van der Waals surface area contributed by atoms with E-state index in [2.05, 4.69) is 25.9 Å². The Labute approximate surface area is 127 Å². The third-order valence-corrected chi connectivity index (χ3v) is 3.50. The largest absolute Gasteiger partial charge is 0.300 e. The molecule has 2 aromatic heterocycles. The van der Waals surface area contributed by atoms with Gasteiger partial charge in [0.1, 0.15) is 5.82 Å². The molecule has 2 rings (SSSR count). The average Bonchev–Trinajstić information content (AvgIpc) is 2.47. The normalized spacial score (nSPS) is 10.3. The monoisotopic (exact) mass is 333 g/mol. The lowest BCUT2D eigenvalue weighted by Crippen LogP contribution is -2.26. The standard InChI is InChI=1S/C15H16BrN3O/c1-19(14-10-13(16)7-9-18-14)15(20)6-2-4-12-5-3-8-17-11-12/h3,5,7-11H,2,4,6H2,1H3. The van der Waals surface area contributed by atoms with Crippen molar-refractivity contribution in [1.82, 2.24) is 9.97 Å². The molecule has 0 atom stereocenters. The predicted molar refractivity (Wildman–Crippen MR) is 82.5 cm³/mol. The van der Waals surface area contributed by atoms with E-state index in [1.807, 2.05) is 30.5 Å². The van der Waals surface area contributed by atoms with Crippen molar-refractivity contribution in [3.63, 3.8) is 0 Å². The molecule has 0 fully saturated rings. The highest BCUT2D eigenvalue weighted by Crippen LogP contribution is 2.17.